The number of hydrogen-bond acceptors (Lipinski definition) is 3. The van der Waals surface area contributed by atoms with Gasteiger partial charge in [-0.1, -0.05) is 13.8 Å². The fourth-order valence-corrected chi connectivity index (χ4v) is 2.34. The highest BCUT2D eigenvalue weighted by Crippen LogP contribution is 2.34. The molecule has 2 N–H and O–H groups in total. The van der Waals surface area contributed by atoms with Crippen LogP contribution in [0.25, 0.3) is 11.3 Å². The first-order valence-corrected chi connectivity index (χ1v) is 6.42. The minimum atomic E-state index is 0.403. The minimum Gasteiger partial charge on any atom is -0.496 e. The third-order valence-electron chi connectivity index (χ3n) is 3.37. The van der Waals surface area contributed by atoms with E-state index in [0.29, 0.717) is 11.7 Å². The quantitative estimate of drug-likeness (QED) is 0.921. The summed E-state index contributed by atoms with van der Waals surface area (Å²) in [5.41, 5.74) is 10.3. The number of benzene rings is 1. The van der Waals surface area contributed by atoms with Gasteiger partial charge < -0.3 is 10.5 Å². The molecule has 0 spiro atoms. The fourth-order valence-electron chi connectivity index (χ4n) is 2.34. The molecule has 0 aliphatic carbocycles. The van der Waals surface area contributed by atoms with E-state index in [1.807, 2.05) is 17.8 Å². The summed E-state index contributed by atoms with van der Waals surface area (Å²) in [5, 5.41) is 4.21. The normalized spacial score (nSPS) is 11.1. The van der Waals surface area contributed by atoms with Gasteiger partial charge in [0, 0.05) is 18.7 Å². The molecule has 0 bridgehead atoms. The van der Waals surface area contributed by atoms with E-state index in [1.165, 1.54) is 5.56 Å². The van der Waals surface area contributed by atoms with E-state index in [1.54, 1.807) is 7.11 Å². The van der Waals surface area contributed by atoms with Crippen molar-refractivity contribution in [1.29, 1.82) is 0 Å². The van der Waals surface area contributed by atoms with Crippen LogP contribution < -0.4 is 10.5 Å². The number of rotatable bonds is 3. The minimum absolute atomic E-state index is 0.403. The predicted octanol–water partition coefficient (Wildman–Crippen LogP) is 3.11. The first-order chi connectivity index (χ1) is 8.93. The van der Waals surface area contributed by atoms with Gasteiger partial charge in [0.1, 0.15) is 11.6 Å². The van der Waals surface area contributed by atoms with Gasteiger partial charge in [-0.15, -0.1) is 0 Å². The molecule has 19 heavy (non-hydrogen) atoms. The van der Waals surface area contributed by atoms with E-state index in [2.05, 4.69) is 38.0 Å². The Bertz CT molecular complexity index is 600. The number of aromatic nitrogens is 2. The molecule has 0 unspecified atom stereocenters. The Balaban J connectivity index is 2.64. The first kappa shape index (κ1) is 13.5. The van der Waals surface area contributed by atoms with Gasteiger partial charge in [-0.25, -0.2) is 0 Å². The van der Waals surface area contributed by atoms with Crippen molar-refractivity contribution >= 4 is 5.82 Å². The van der Waals surface area contributed by atoms with Crippen LogP contribution >= 0.6 is 0 Å². The van der Waals surface area contributed by atoms with Gasteiger partial charge in [-0.2, -0.15) is 5.10 Å². The molecular weight excluding hydrogens is 238 g/mol. The second-order valence-corrected chi connectivity index (χ2v) is 5.14. The van der Waals surface area contributed by atoms with Gasteiger partial charge in [0.2, 0.25) is 0 Å². The number of methoxy groups -OCH3 is 1. The van der Waals surface area contributed by atoms with Gasteiger partial charge in [-0.3, -0.25) is 4.68 Å². The van der Waals surface area contributed by atoms with E-state index in [4.69, 9.17) is 10.5 Å². The third kappa shape index (κ3) is 2.43. The monoisotopic (exact) mass is 259 g/mol. The summed E-state index contributed by atoms with van der Waals surface area (Å²) in [6.07, 6.45) is 0. The van der Waals surface area contributed by atoms with Gasteiger partial charge in [0.15, 0.2) is 0 Å². The molecule has 0 fully saturated rings. The maximum atomic E-state index is 5.76. The second-order valence-electron chi connectivity index (χ2n) is 5.14. The molecule has 2 aromatic rings. The number of hydrogen-bond donors (Lipinski definition) is 1. The van der Waals surface area contributed by atoms with Crippen molar-refractivity contribution in [2.24, 2.45) is 7.05 Å². The maximum absolute atomic E-state index is 5.76. The average Bonchev–Trinajstić information content (AvgIpc) is 2.67. The zero-order chi connectivity index (χ0) is 14.2. The molecule has 2 rings (SSSR count). The topological polar surface area (TPSA) is 53.1 Å². The highest BCUT2D eigenvalue weighted by molar-refractivity contribution is 5.69. The zero-order valence-electron chi connectivity index (χ0n) is 12.2. The Morgan fingerprint density at radius 2 is 1.95 bits per heavy atom. The molecule has 0 radical (unpaired) electrons. The van der Waals surface area contributed by atoms with Crippen LogP contribution in [0.2, 0.25) is 0 Å². The first-order valence-electron chi connectivity index (χ1n) is 6.42. The summed E-state index contributed by atoms with van der Waals surface area (Å²) in [4.78, 5) is 0. The SMILES string of the molecule is COc1cc(C)c(-c2cc(N)nn2C)cc1C(C)C. The summed E-state index contributed by atoms with van der Waals surface area (Å²) in [6.45, 7) is 6.40. The van der Waals surface area contributed by atoms with Gasteiger partial charge in [-0.05, 0) is 36.1 Å². The van der Waals surface area contributed by atoms with Crippen LogP contribution in [0, 0.1) is 6.92 Å². The Morgan fingerprint density at radius 3 is 2.42 bits per heavy atom. The molecule has 4 nitrogen and oxygen atoms in total. The van der Waals surface area contributed by atoms with Gasteiger partial charge in [0.05, 0.1) is 12.8 Å². The van der Waals surface area contributed by atoms with Crippen LogP contribution in [0.5, 0.6) is 5.75 Å². The van der Waals surface area contributed by atoms with Crippen molar-refractivity contribution in [3.05, 3.63) is 29.3 Å². The van der Waals surface area contributed by atoms with E-state index in [-0.39, 0.29) is 0 Å². The lowest BCUT2D eigenvalue weighted by Gasteiger charge is -2.16. The second kappa shape index (κ2) is 4.96. The number of nitrogens with two attached hydrogens (primary N) is 1. The molecule has 1 aromatic carbocycles. The molecule has 0 aliphatic heterocycles. The summed E-state index contributed by atoms with van der Waals surface area (Å²) in [6, 6.07) is 6.15. The fraction of sp³-hybridized carbons (Fsp3) is 0.400. The molecule has 0 saturated carbocycles. The molecule has 1 heterocycles. The Morgan fingerprint density at radius 1 is 1.26 bits per heavy atom. The molecule has 1 aromatic heterocycles. The van der Waals surface area contributed by atoms with E-state index in [9.17, 15) is 0 Å². The van der Waals surface area contributed by atoms with Crippen molar-refractivity contribution in [3.63, 3.8) is 0 Å². The number of anilines is 1. The Hall–Kier alpha value is -1.97. The van der Waals surface area contributed by atoms with E-state index < -0.39 is 0 Å². The van der Waals surface area contributed by atoms with Crippen molar-refractivity contribution < 1.29 is 4.74 Å². The number of aryl methyl sites for hydroxylation is 2. The lowest BCUT2D eigenvalue weighted by Crippen LogP contribution is -2.00. The van der Waals surface area contributed by atoms with Gasteiger partial charge >= 0.3 is 0 Å². The molecule has 102 valence electrons. The van der Waals surface area contributed by atoms with E-state index in [0.717, 1.165) is 22.6 Å². The van der Waals surface area contributed by atoms with Crippen LogP contribution in [-0.2, 0) is 7.05 Å². The lowest BCUT2D eigenvalue weighted by atomic mass is 9.95. The molecule has 0 atom stereocenters. The van der Waals surface area contributed by atoms with Crippen molar-refractivity contribution in [2.45, 2.75) is 26.7 Å². The predicted molar refractivity (Wildman–Crippen MR) is 78.4 cm³/mol. The van der Waals surface area contributed by atoms with Crippen molar-refractivity contribution in [1.82, 2.24) is 9.78 Å². The number of nitrogen functional groups attached to an aromatic ring is 1. The number of nitrogens with zero attached hydrogens (tertiary/aromatic N) is 2. The van der Waals surface area contributed by atoms with Crippen LogP contribution in [0.3, 0.4) is 0 Å². The zero-order valence-corrected chi connectivity index (χ0v) is 12.2. The molecule has 0 saturated heterocycles. The number of ether oxygens (including phenoxy) is 1. The van der Waals surface area contributed by atoms with Gasteiger partial charge in [0.25, 0.3) is 0 Å². The maximum Gasteiger partial charge on any atom is 0.146 e. The average molecular weight is 259 g/mol. The smallest absolute Gasteiger partial charge is 0.146 e. The standard InChI is InChI=1S/C15H21N3O/c1-9(2)11-7-12(10(3)6-14(11)19-5)13-8-15(16)17-18(13)4/h6-9H,1-5H3,(H2,16,17). The highest BCUT2D eigenvalue weighted by Gasteiger charge is 2.14. The molecular formula is C15H21N3O. The molecule has 0 aliphatic rings. The van der Waals surface area contributed by atoms with Crippen molar-refractivity contribution in [3.8, 4) is 17.0 Å². The summed E-state index contributed by atoms with van der Waals surface area (Å²) in [5.74, 6) is 1.88. The Labute approximate surface area is 114 Å². The largest absolute Gasteiger partial charge is 0.496 e. The van der Waals surface area contributed by atoms with E-state index >= 15 is 0 Å². The van der Waals surface area contributed by atoms with Crippen molar-refractivity contribution in [2.75, 3.05) is 12.8 Å². The Kier molecular flexibility index (Phi) is 3.51. The summed E-state index contributed by atoms with van der Waals surface area (Å²) >= 11 is 0. The lowest BCUT2D eigenvalue weighted by molar-refractivity contribution is 0.407. The highest BCUT2D eigenvalue weighted by atomic mass is 16.5. The van der Waals surface area contributed by atoms with Crippen LogP contribution in [0.15, 0.2) is 18.2 Å². The van der Waals surface area contributed by atoms with Crippen LogP contribution in [-0.4, -0.2) is 16.9 Å². The summed E-state index contributed by atoms with van der Waals surface area (Å²) in [7, 11) is 3.62. The summed E-state index contributed by atoms with van der Waals surface area (Å²) < 4.78 is 7.28. The molecule has 0 amide bonds. The van der Waals surface area contributed by atoms with Crippen LogP contribution in [0.4, 0.5) is 5.82 Å². The van der Waals surface area contributed by atoms with Crippen LogP contribution in [0.1, 0.15) is 30.9 Å². The molecule has 4 heteroatoms. The third-order valence-corrected chi connectivity index (χ3v) is 3.37.